The van der Waals surface area contributed by atoms with Crippen molar-refractivity contribution in [2.24, 2.45) is 11.8 Å². The minimum absolute atomic E-state index is 0.0322. The molecule has 2 amide bonds. The highest BCUT2D eigenvalue weighted by atomic mass is 19.4. The molecule has 0 bridgehead atoms. The van der Waals surface area contributed by atoms with Gasteiger partial charge in [0.1, 0.15) is 11.4 Å². The Bertz CT molecular complexity index is 1110. The first-order valence-corrected chi connectivity index (χ1v) is 12.2. The third-order valence-electron chi connectivity index (χ3n) is 6.99. The van der Waals surface area contributed by atoms with E-state index in [-0.39, 0.29) is 41.8 Å². The molecule has 0 saturated carbocycles. The van der Waals surface area contributed by atoms with Gasteiger partial charge in [0.15, 0.2) is 5.78 Å². The smallest absolute Gasteiger partial charge is 0.394 e. The topological polar surface area (TPSA) is 101 Å². The summed E-state index contributed by atoms with van der Waals surface area (Å²) in [5.74, 6) is -2.14. The highest BCUT2D eigenvalue weighted by Gasteiger charge is 2.46. The van der Waals surface area contributed by atoms with Gasteiger partial charge in [-0.15, -0.1) is 0 Å². The number of Topliss-reactive ketones (excluding diaryl/α,β-unsaturated/α-hetero) is 1. The van der Waals surface area contributed by atoms with Crippen LogP contribution >= 0.6 is 0 Å². The van der Waals surface area contributed by atoms with Gasteiger partial charge in [0, 0.05) is 43.4 Å². The van der Waals surface area contributed by atoms with Gasteiger partial charge >= 0.3 is 6.18 Å². The first-order valence-electron chi connectivity index (χ1n) is 12.2. The maximum absolute atomic E-state index is 13.3. The second-order valence-electron chi connectivity index (χ2n) is 9.31. The average Bonchev–Trinajstić information content (AvgIpc) is 2.92. The van der Waals surface area contributed by atoms with Crippen LogP contribution in [0, 0.1) is 11.8 Å². The average molecular weight is 519 g/mol. The molecule has 2 saturated heterocycles. The normalized spacial score (nSPS) is 20.8. The Morgan fingerprint density at radius 3 is 2.30 bits per heavy atom. The largest absolute Gasteiger partial charge is 0.497 e. The van der Waals surface area contributed by atoms with Crippen LogP contribution in [-0.2, 0) is 0 Å². The van der Waals surface area contributed by atoms with E-state index in [1.165, 1.54) is 18.3 Å². The Morgan fingerprint density at radius 1 is 1.03 bits per heavy atom. The van der Waals surface area contributed by atoms with E-state index in [0.29, 0.717) is 43.8 Å². The van der Waals surface area contributed by atoms with Gasteiger partial charge in [-0.1, -0.05) is 0 Å². The summed E-state index contributed by atoms with van der Waals surface area (Å²) in [5.41, 5.74) is 0.818. The molecule has 1 aromatic carbocycles. The predicted molar refractivity (Wildman–Crippen MR) is 128 cm³/mol. The van der Waals surface area contributed by atoms with Gasteiger partial charge in [-0.05, 0) is 62.2 Å². The standard InChI is InChI=1S/C26H29F3N4O4/c1-37-19-5-2-16(3-6-19)23(34)17-9-12-33(13-10-17)25(36)22-7-4-18(14-31-22)24(35)32-21-8-11-30-15-20(21)26(27,28)29/h2-7,14,17,20-21,30H,8-13,15H2,1H3,(H,32,35)/t20-,21+/m0/s1. The van der Waals surface area contributed by atoms with Crippen molar-refractivity contribution in [1.29, 1.82) is 0 Å². The maximum Gasteiger partial charge on any atom is 0.394 e. The zero-order chi connectivity index (χ0) is 26.6. The Kier molecular flexibility index (Phi) is 8.11. The van der Waals surface area contributed by atoms with Gasteiger partial charge in [0.25, 0.3) is 11.8 Å². The van der Waals surface area contributed by atoms with Crippen molar-refractivity contribution in [2.75, 3.05) is 33.3 Å². The lowest BCUT2D eigenvalue weighted by Gasteiger charge is -2.34. The molecule has 2 aliphatic rings. The van der Waals surface area contributed by atoms with E-state index in [9.17, 15) is 27.6 Å². The minimum atomic E-state index is -4.42. The van der Waals surface area contributed by atoms with E-state index in [4.69, 9.17) is 4.74 Å². The number of alkyl halides is 3. The fraction of sp³-hybridized carbons (Fsp3) is 0.462. The summed E-state index contributed by atoms with van der Waals surface area (Å²) in [7, 11) is 1.56. The number of ketones is 1. The molecule has 0 radical (unpaired) electrons. The number of carbonyl (C=O) groups excluding carboxylic acids is 3. The van der Waals surface area contributed by atoms with Crippen LogP contribution in [0.25, 0.3) is 0 Å². The van der Waals surface area contributed by atoms with Crippen LogP contribution in [0.4, 0.5) is 13.2 Å². The fourth-order valence-electron chi connectivity index (χ4n) is 4.78. The van der Waals surface area contributed by atoms with Crippen LogP contribution in [0.5, 0.6) is 5.75 Å². The molecule has 4 rings (SSSR count). The molecular weight excluding hydrogens is 489 g/mol. The number of benzene rings is 1. The van der Waals surface area contributed by atoms with E-state index in [0.717, 1.165) is 0 Å². The number of likely N-dealkylation sites (tertiary alicyclic amines) is 1. The van der Waals surface area contributed by atoms with E-state index in [1.807, 2.05) is 0 Å². The van der Waals surface area contributed by atoms with Crippen molar-refractivity contribution in [3.05, 3.63) is 59.4 Å². The highest BCUT2D eigenvalue weighted by molar-refractivity contribution is 5.99. The molecule has 37 heavy (non-hydrogen) atoms. The third-order valence-corrected chi connectivity index (χ3v) is 6.99. The number of nitrogens with one attached hydrogen (secondary N) is 2. The van der Waals surface area contributed by atoms with Crippen LogP contribution in [0.1, 0.15) is 50.5 Å². The van der Waals surface area contributed by atoms with Gasteiger partial charge in [-0.25, -0.2) is 0 Å². The number of piperidine rings is 2. The number of hydrogen-bond acceptors (Lipinski definition) is 6. The minimum Gasteiger partial charge on any atom is -0.497 e. The molecule has 2 N–H and O–H groups in total. The molecule has 1 aromatic heterocycles. The van der Waals surface area contributed by atoms with E-state index in [1.54, 1.807) is 36.3 Å². The molecule has 2 atom stereocenters. The van der Waals surface area contributed by atoms with Crippen LogP contribution < -0.4 is 15.4 Å². The van der Waals surface area contributed by atoms with Crippen LogP contribution in [0.3, 0.4) is 0 Å². The second-order valence-corrected chi connectivity index (χ2v) is 9.31. The number of nitrogens with zero attached hydrogens (tertiary/aromatic N) is 2. The van der Waals surface area contributed by atoms with Crippen LogP contribution in [0.15, 0.2) is 42.6 Å². The summed E-state index contributed by atoms with van der Waals surface area (Å²) in [5, 5.41) is 5.17. The molecule has 0 aliphatic carbocycles. The summed E-state index contributed by atoms with van der Waals surface area (Å²) >= 11 is 0. The number of pyridine rings is 1. The zero-order valence-electron chi connectivity index (χ0n) is 20.4. The molecule has 2 fully saturated rings. The van der Waals surface area contributed by atoms with Crippen LogP contribution in [0.2, 0.25) is 0 Å². The third kappa shape index (κ3) is 6.27. The number of amides is 2. The molecule has 2 aliphatic heterocycles. The predicted octanol–water partition coefficient (Wildman–Crippen LogP) is 3.10. The summed E-state index contributed by atoms with van der Waals surface area (Å²) in [6.45, 7) is 0.918. The second kappa shape index (κ2) is 11.3. The maximum atomic E-state index is 13.3. The molecule has 8 nitrogen and oxygen atoms in total. The van der Waals surface area contributed by atoms with E-state index < -0.39 is 24.0 Å². The van der Waals surface area contributed by atoms with Gasteiger partial charge in [0.05, 0.1) is 18.6 Å². The fourth-order valence-corrected chi connectivity index (χ4v) is 4.78. The number of ether oxygens (including phenoxy) is 1. The Labute approximate surface area is 212 Å². The van der Waals surface area contributed by atoms with Crippen LogP contribution in [-0.4, -0.2) is 73.0 Å². The molecule has 11 heteroatoms. The number of hydrogen-bond donors (Lipinski definition) is 2. The zero-order valence-corrected chi connectivity index (χ0v) is 20.4. The quantitative estimate of drug-likeness (QED) is 0.570. The Hall–Kier alpha value is -3.47. The van der Waals surface area contributed by atoms with Gasteiger partial charge in [0.2, 0.25) is 0 Å². The lowest BCUT2D eigenvalue weighted by molar-refractivity contribution is -0.183. The van der Waals surface area contributed by atoms with Gasteiger partial charge in [-0.2, -0.15) is 13.2 Å². The van der Waals surface area contributed by atoms with Gasteiger partial charge < -0.3 is 20.3 Å². The molecule has 2 aromatic rings. The van der Waals surface area contributed by atoms with E-state index >= 15 is 0 Å². The molecule has 0 unspecified atom stereocenters. The van der Waals surface area contributed by atoms with Crippen molar-refractivity contribution < 1.29 is 32.3 Å². The number of methoxy groups -OCH3 is 1. The van der Waals surface area contributed by atoms with E-state index in [2.05, 4.69) is 15.6 Å². The first-order chi connectivity index (χ1) is 17.7. The van der Waals surface area contributed by atoms with Crippen molar-refractivity contribution in [3.63, 3.8) is 0 Å². The lowest BCUT2D eigenvalue weighted by atomic mass is 9.88. The lowest BCUT2D eigenvalue weighted by Crippen LogP contribution is -2.54. The summed E-state index contributed by atoms with van der Waals surface area (Å²) in [4.78, 5) is 44.0. The van der Waals surface area contributed by atoms with Crippen molar-refractivity contribution in [2.45, 2.75) is 31.5 Å². The highest BCUT2D eigenvalue weighted by Crippen LogP contribution is 2.31. The Morgan fingerprint density at radius 2 is 1.70 bits per heavy atom. The number of aromatic nitrogens is 1. The van der Waals surface area contributed by atoms with Crippen molar-refractivity contribution >= 4 is 17.6 Å². The van der Waals surface area contributed by atoms with Crippen molar-refractivity contribution in [1.82, 2.24) is 20.5 Å². The number of carbonyl (C=O) groups is 3. The summed E-state index contributed by atoms with van der Waals surface area (Å²) < 4.78 is 45.0. The number of halogens is 3. The Balaban J connectivity index is 1.31. The first kappa shape index (κ1) is 26.6. The monoisotopic (exact) mass is 518 g/mol. The number of rotatable bonds is 6. The van der Waals surface area contributed by atoms with Crippen molar-refractivity contribution in [3.8, 4) is 5.75 Å². The molecule has 3 heterocycles. The molecular formula is C26H29F3N4O4. The molecule has 198 valence electrons. The van der Waals surface area contributed by atoms with Gasteiger partial charge in [-0.3, -0.25) is 19.4 Å². The molecule has 0 spiro atoms. The SMILES string of the molecule is COc1ccc(C(=O)C2CCN(C(=O)c3ccc(C(=O)N[C@@H]4CCNC[C@@H]4C(F)(F)F)cn3)CC2)cc1. The summed E-state index contributed by atoms with van der Waals surface area (Å²) in [6, 6.07) is 8.69. The summed E-state index contributed by atoms with van der Waals surface area (Å²) in [6.07, 6.45) is -2.02.